The summed E-state index contributed by atoms with van der Waals surface area (Å²) in [5, 5.41) is 5.84. The molecule has 200 valence electrons. The fourth-order valence-electron chi connectivity index (χ4n) is 4.81. The number of halogens is 3. The third-order valence-corrected chi connectivity index (χ3v) is 8.55. The summed E-state index contributed by atoms with van der Waals surface area (Å²) >= 11 is 1.27. The van der Waals surface area contributed by atoms with E-state index in [1.165, 1.54) is 22.4 Å². The van der Waals surface area contributed by atoms with Crippen LogP contribution in [0.4, 0.5) is 13.2 Å². The number of fused-ring (bicyclic) bond motifs is 1. The van der Waals surface area contributed by atoms with Gasteiger partial charge in [0.05, 0.1) is 39.5 Å². The van der Waals surface area contributed by atoms with Gasteiger partial charge in [0.25, 0.3) is 0 Å². The number of thiophene rings is 1. The number of carbonyl (C=O) groups excluding carboxylic acids is 3. The summed E-state index contributed by atoms with van der Waals surface area (Å²) < 4.78 is 41.6. The smallest absolute Gasteiger partial charge is 0.353 e. The van der Waals surface area contributed by atoms with Crippen molar-refractivity contribution in [3.05, 3.63) is 46.7 Å². The molecule has 0 spiro atoms. The molecule has 2 unspecified atom stereocenters. The molecule has 38 heavy (non-hydrogen) atoms. The molecule has 5 rings (SSSR count). The highest BCUT2D eigenvalue weighted by Gasteiger charge is 2.51. The van der Waals surface area contributed by atoms with Gasteiger partial charge in [-0.15, -0.1) is 11.3 Å². The van der Waals surface area contributed by atoms with Crippen molar-refractivity contribution in [3.63, 3.8) is 0 Å². The first-order valence-electron chi connectivity index (χ1n) is 12.2. The Morgan fingerprint density at radius 1 is 1.13 bits per heavy atom. The summed E-state index contributed by atoms with van der Waals surface area (Å²) in [4.78, 5) is 48.4. The lowest BCUT2D eigenvalue weighted by Crippen LogP contribution is -2.53. The Hall–Kier alpha value is -3.38. The number of imide groups is 1. The molecule has 0 bridgehead atoms. The van der Waals surface area contributed by atoms with Gasteiger partial charge in [-0.05, 0) is 18.2 Å². The third kappa shape index (κ3) is 4.55. The van der Waals surface area contributed by atoms with E-state index in [0.29, 0.717) is 39.4 Å². The molecule has 0 aromatic carbocycles. The fraction of sp³-hybridized carbons (Fsp3) is 0.423. The molecule has 2 saturated heterocycles. The van der Waals surface area contributed by atoms with Crippen LogP contribution in [0.2, 0.25) is 0 Å². The molecule has 2 fully saturated rings. The van der Waals surface area contributed by atoms with E-state index in [9.17, 15) is 27.6 Å². The van der Waals surface area contributed by atoms with Crippen LogP contribution in [-0.2, 0) is 33.5 Å². The Morgan fingerprint density at radius 2 is 1.89 bits per heavy atom. The van der Waals surface area contributed by atoms with E-state index < -0.39 is 29.1 Å². The summed E-state index contributed by atoms with van der Waals surface area (Å²) in [6.45, 7) is 6.30. The van der Waals surface area contributed by atoms with Crippen LogP contribution in [0.15, 0.2) is 30.6 Å². The van der Waals surface area contributed by atoms with Gasteiger partial charge in [0, 0.05) is 53.8 Å². The number of likely N-dealkylation sites (tertiary alicyclic amines) is 1. The zero-order chi connectivity index (χ0) is 27.4. The molecule has 2 aliphatic rings. The first-order chi connectivity index (χ1) is 17.9. The number of pyridine rings is 2. The molecule has 8 nitrogen and oxygen atoms in total. The number of piperazine rings is 1. The summed E-state index contributed by atoms with van der Waals surface area (Å²) in [6, 6.07) is 3.79. The van der Waals surface area contributed by atoms with Gasteiger partial charge in [0.2, 0.25) is 17.7 Å². The average Bonchev–Trinajstić information content (AvgIpc) is 3.34. The van der Waals surface area contributed by atoms with E-state index >= 15 is 0 Å². The van der Waals surface area contributed by atoms with Gasteiger partial charge in [0.1, 0.15) is 0 Å². The molecule has 2 aliphatic heterocycles. The van der Waals surface area contributed by atoms with Gasteiger partial charge in [-0.3, -0.25) is 29.3 Å². The highest BCUT2D eigenvalue weighted by atomic mass is 32.1. The molecule has 3 amide bonds. The van der Waals surface area contributed by atoms with Crippen LogP contribution < -0.4 is 10.6 Å². The Morgan fingerprint density at radius 3 is 2.55 bits per heavy atom. The average molecular weight is 546 g/mol. The van der Waals surface area contributed by atoms with Crippen molar-refractivity contribution in [2.45, 2.75) is 46.0 Å². The summed E-state index contributed by atoms with van der Waals surface area (Å²) in [5.74, 6) is -1.21. The second kappa shape index (κ2) is 9.42. The van der Waals surface area contributed by atoms with Gasteiger partial charge in [0.15, 0.2) is 0 Å². The minimum absolute atomic E-state index is 0.0613. The maximum absolute atomic E-state index is 13.7. The lowest BCUT2D eigenvalue weighted by molar-refractivity contribution is -0.141. The predicted molar refractivity (Wildman–Crippen MR) is 135 cm³/mol. The van der Waals surface area contributed by atoms with Crippen LogP contribution in [0.5, 0.6) is 0 Å². The maximum Gasteiger partial charge on any atom is 0.417 e. The van der Waals surface area contributed by atoms with E-state index in [1.807, 2.05) is 0 Å². The monoisotopic (exact) mass is 545 g/mol. The number of alkyl halides is 3. The van der Waals surface area contributed by atoms with Crippen molar-refractivity contribution >= 4 is 39.3 Å². The maximum atomic E-state index is 13.7. The Balaban J connectivity index is 1.56. The van der Waals surface area contributed by atoms with Crippen LogP contribution in [0.1, 0.15) is 36.9 Å². The van der Waals surface area contributed by atoms with Gasteiger partial charge in [-0.25, -0.2) is 0 Å². The summed E-state index contributed by atoms with van der Waals surface area (Å²) in [6.07, 6.45) is -2.22. The zero-order valence-electron chi connectivity index (χ0n) is 21.0. The lowest BCUT2D eigenvalue weighted by Gasteiger charge is -2.24. The second-order valence-electron chi connectivity index (χ2n) is 10.2. The number of hydrogen-bond donors (Lipinski definition) is 2. The number of carbonyl (C=O) groups is 3. The van der Waals surface area contributed by atoms with Gasteiger partial charge in [-0.1, -0.05) is 20.8 Å². The Bertz CT molecular complexity index is 1450. The Labute approximate surface area is 220 Å². The van der Waals surface area contributed by atoms with E-state index in [4.69, 9.17) is 0 Å². The molecule has 0 saturated carbocycles. The normalized spacial score (nSPS) is 21.8. The van der Waals surface area contributed by atoms with Crippen molar-refractivity contribution in [1.82, 2.24) is 25.5 Å². The van der Waals surface area contributed by atoms with Gasteiger partial charge >= 0.3 is 6.18 Å². The second-order valence-corrected chi connectivity index (χ2v) is 11.3. The molecule has 2 atom stereocenters. The molecular formula is C26H26F3N5O3S. The van der Waals surface area contributed by atoms with Crippen molar-refractivity contribution in [3.8, 4) is 11.1 Å². The minimum atomic E-state index is -4.60. The molecule has 5 heterocycles. The number of aromatic nitrogens is 2. The van der Waals surface area contributed by atoms with Crippen LogP contribution >= 0.6 is 11.3 Å². The first kappa shape index (κ1) is 26.2. The highest BCUT2D eigenvalue weighted by Crippen LogP contribution is 2.41. The van der Waals surface area contributed by atoms with Gasteiger partial charge in [-0.2, -0.15) is 13.2 Å². The fourth-order valence-corrected chi connectivity index (χ4v) is 5.94. The van der Waals surface area contributed by atoms with Crippen molar-refractivity contribution < 1.29 is 27.6 Å². The quantitative estimate of drug-likeness (QED) is 0.476. The molecular weight excluding hydrogens is 519 g/mol. The molecule has 3 aromatic heterocycles. The van der Waals surface area contributed by atoms with E-state index in [-0.39, 0.29) is 36.3 Å². The van der Waals surface area contributed by atoms with E-state index in [1.54, 1.807) is 32.9 Å². The molecule has 0 radical (unpaired) electrons. The number of amides is 3. The molecule has 3 aromatic rings. The SMILES string of the molecule is CC1C(=O)N(Cc2cc3nccc(-c4cc(C(F)(F)F)cnc4CC4NCCNC4=O)c3s2)C(=O)C1(C)C. The lowest BCUT2D eigenvalue weighted by atomic mass is 9.82. The molecule has 12 heteroatoms. The zero-order valence-corrected chi connectivity index (χ0v) is 21.8. The van der Waals surface area contributed by atoms with Crippen LogP contribution in [0.3, 0.4) is 0 Å². The number of hydrogen-bond acceptors (Lipinski definition) is 7. The predicted octanol–water partition coefficient (Wildman–Crippen LogP) is 3.54. The van der Waals surface area contributed by atoms with Crippen LogP contribution in [0.25, 0.3) is 21.3 Å². The minimum Gasteiger partial charge on any atom is -0.353 e. The van der Waals surface area contributed by atoms with Crippen molar-refractivity contribution in [2.24, 2.45) is 11.3 Å². The first-order valence-corrected chi connectivity index (χ1v) is 13.0. The number of rotatable bonds is 5. The van der Waals surface area contributed by atoms with Crippen LogP contribution in [-0.4, -0.2) is 51.7 Å². The largest absolute Gasteiger partial charge is 0.417 e. The topological polar surface area (TPSA) is 104 Å². The standard InChI is InChI=1S/C26H26F3N5O3S/c1-13-23(36)34(24(37)25(13,2)3)12-15-9-19-21(38-15)16(4-5-30-19)17-8-14(26(27,28)29)11-33-18(17)10-20-22(35)32-7-6-31-20/h4-5,8-9,11,13,20,31H,6-7,10,12H2,1-3H3,(H,32,35). The van der Waals surface area contributed by atoms with Crippen molar-refractivity contribution in [1.29, 1.82) is 0 Å². The third-order valence-electron chi connectivity index (χ3n) is 7.41. The Kier molecular flexibility index (Phi) is 6.50. The van der Waals surface area contributed by atoms with E-state index in [0.717, 1.165) is 12.3 Å². The highest BCUT2D eigenvalue weighted by molar-refractivity contribution is 7.19. The van der Waals surface area contributed by atoms with Gasteiger partial charge < -0.3 is 10.6 Å². The summed E-state index contributed by atoms with van der Waals surface area (Å²) in [7, 11) is 0. The summed E-state index contributed by atoms with van der Waals surface area (Å²) in [5.41, 5.74) is -0.0904. The molecule has 0 aliphatic carbocycles. The number of nitrogens with one attached hydrogen (secondary N) is 2. The van der Waals surface area contributed by atoms with Crippen LogP contribution in [0, 0.1) is 11.3 Å². The van der Waals surface area contributed by atoms with E-state index in [2.05, 4.69) is 20.6 Å². The molecule has 2 N–H and O–H groups in total. The van der Waals surface area contributed by atoms with Crippen molar-refractivity contribution in [2.75, 3.05) is 13.1 Å². The number of nitrogens with zero attached hydrogens (tertiary/aromatic N) is 3.